The number of carbonyl (C=O) groups excluding carboxylic acids is 1. The predicted molar refractivity (Wildman–Crippen MR) is 99.0 cm³/mol. The van der Waals surface area contributed by atoms with Gasteiger partial charge in [-0.25, -0.2) is 15.0 Å². The lowest BCUT2D eigenvalue weighted by Gasteiger charge is -2.11. The molecule has 4 rings (SSSR count). The van der Waals surface area contributed by atoms with Crippen molar-refractivity contribution in [2.24, 2.45) is 0 Å². The molecule has 0 saturated heterocycles. The standard InChI is InChI=1S/C20H15N5O/c26-20(16-12-22-19(23-13-16)15-6-2-1-3-7-15)24-17-8-4-5-9-18(17)25-11-10-21-14-25/h1-14H,(H,24,26). The highest BCUT2D eigenvalue weighted by Gasteiger charge is 2.11. The fourth-order valence-corrected chi connectivity index (χ4v) is 2.58. The SMILES string of the molecule is O=C(Nc1ccccc1-n1ccnc1)c1cnc(-c2ccccc2)nc1. The van der Waals surface area contributed by atoms with Crippen LogP contribution in [0.25, 0.3) is 17.1 Å². The Morgan fingerprint density at radius 3 is 2.38 bits per heavy atom. The van der Waals surface area contributed by atoms with Crippen LogP contribution < -0.4 is 5.32 Å². The molecule has 0 unspecified atom stereocenters. The van der Waals surface area contributed by atoms with Crippen LogP contribution in [-0.4, -0.2) is 25.4 Å². The van der Waals surface area contributed by atoms with Gasteiger partial charge in [0.1, 0.15) is 0 Å². The van der Waals surface area contributed by atoms with E-state index in [4.69, 9.17) is 0 Å². The number of benzene rings is 2. The van der Waals surface area contributed by atoms with Crippen molar-refractivity contribution in [2.75, 3.05) is 5.32 Å². The van der Waals surface area contributed by atoms with Crippen LogP contribution in [0.4, 0.5) is 5.69 Å². The van der Waals surface area contributed by atoms with Crippen molar-refractivity contribution < 1.29 is 4.79 Å². The van der Waals surface area contributed by atoms with E-state index >= 15 is 0 Å². The third kappa shape index (κ3) is 3.21. The molecule has 0 radical (unpaired) electrons. The van der Waals surface area contributed by atoms with E-state index in [0.29, 0.717) is 17.1 Å². The highest BCUT2D eigenvalue weighted by molar-refractivity contribution is 6.05. The quantitative estimate of drug-likeness (QED) is 0.616. The van der Waals surface area contributed by atoms with Crippen molar-refractivity contribution in [2.45, 2.75) is 0 Å². The highest BCUT2D eigenvalue weighted by Crippen LogP contribution is 2.20. The minimum atomic E-state index is -0.267. The van der Waals surface area contributed by atoms with Gasteiger partial charge in [-0.2, -0.15) is 0 Å². The lowest BCUT2D eigenvalue weighted by Crippen LogP contribution is -2.14. The number of para-hydroxylation sites is 2. The van der Waals surface area contributed by atoms with Crippen molar-refractivity contribution >= 4 is 11.6 Å². The zero-order valence-corrected chi connectivity index (χ0v) is 13.8. The van der Waals surface area contributed by atoms with Crippen LogP contribution in [0, 0.1) is 0 Å². The first kappa shape index (κ1) is 15.7. The zero-order valence-electron chi connectivity index (χ0n) is 13.8. The fourth-order valence-electron chi connectivity index (χ4n) is 2.58. The van der Waals surface area contributed by atoms with Gasteiger partial charge in [0, 0.05) is 30.4 Å². The Labute approximate surface area is 150 Å². The summed E-state index contributed by atoms with van der Waals surface area (Å²) in [5.41, 5.74) is 2.82. The summed E-state index contributed by atoms with van der Waals surface area (Å²) >= 11 is 0. The molecule has 0 spiro atoms. The first-order valence-electron chi connectivity index (χ1n) is 8.07. The predicted octanol–water partition coefficient (Wildman–Crippen LogP) is 3.58. The number of anilines is 1. The van der Waals surface area contributed by atoms with Gasteiger partial charge in [-0.05, 0) is 12.1 Å². The molecular formula is C20H15N5O. The molecular weight excluding hydrogens is 326 g/mol. The number of hydrogen-bond acceptors (Lipinski definition) is 4. The van der Waals surface area contributed by atoms with E-state index in [2.05, 4.69) is 20.3 Å². The average Bonchev–Trinajstić information content (AvgIpc) is 3.24. The van der Waals surface area contributed by atoms with Crippen LogP contribution in [-0.2, 0) is 0 Å². The van der Waals surface area contributed by atoms with Crippen LogP contribution >= 0.6 is 0 Å². The highest BCUT2D eigenvalue weighted by atomic mass is 16.1. The molecule has 2 heterocycles. The summed E-state index contributed by atoms with van der Waals surface area (Å²) < 4.78 is 1.84. The first-order valence-corrected chi connectivity index (χ1v) is 8.07. The lowest BCUT2D eigenvalue weighted by atomic mass is 10.2. The van der Waals surface area contributed by atoms with Gasteiger partial charge in [0.25, 0.3) is 5.91 Å². The first-order chi connectivity index (χ1) is 12.8. The summed E-state index contributed by atoms with van der Waals surface area (Å²) in [6.07, 6.45) is 8.26. The molecule has 0 aliphatic heterocycles. The third-order valence-electron chi connectivity index (χ3n) is 3.88. The number of carbonyl (C=O) groups is 1. The van der Waals surface area contributed by atoms with E-state index in [9.17, 15) is 4.79 Å². The molecule has 2 aromatic carbocycles. The molecule has 4 aromatic rings. The van der Waals surface area contributed by atoms with Crippen LogP contribution in [0.3, 0.4) is 0 Å². The number of hydrogen-bond donors (Lipinski definition) is 1. The van der Waals surface area contributed by atoms with Gasteiger partial charge in [0.2, 0.25) is 0 Å². The van der Waals surface area contributed by atoms with Gasteiger partial charge in [-0.3, -0.25) is 4.79 Å². The maximum Gasteiger partial charge on any atom is 0.258 e. The van der Waals surface area contributed by atoms with Gasteiger partial charge in [0.05, 0.1) is 23.3 Å². The van der Waals surface area contributed by atoms with E-state index in [1.807, 2.05) is 65.4 Å². The maximum atomic E-state index is 12.6. The van der Waals surface area contributed by atoms with Crippen molar-refractivity contribution in [1.29, 1.82) is 0 Å². The largest absolute Gasteiger partial charge is 0.320 e. The van der Waals surface area contributed by atoms with Crippen LogP contribution in [0.1, 0.15) is 10.4 Å². The van der Waals surface area contributed by atoms with Crippen LogP contribution in [0.15, 0.2) is 85.7 Å². The Hall–Kier alpha value is -3.80. The van der Waals surface area contributed by atoms with Gasteiger partial charge < -0.3 is 9.88 Å². The lowest BCUT2D eigenvalue weighted by molar-refractivity contribution is 0.102. The minimum absolute atomic E-state index is 0.267. The molecule has 26 heavy (non-hydrogen) atoms. The van der Waals surface area contributed by atoms with Gasteiger partial charge >= 0.3 is 0 Å². The van der Waals surface area contributed by atoms with Gasteiger partial charge in [-0.15, -0.1) is 0 Å². The second-order valence-corrected chi connectivity index (χ2v) is 5.60. The summed E-state index contributed by atoms with van der Waals surface area (Å²) in [6, 6.07) is 17.2. The Morgan fingerprint density at radius 2 is 1.65 bits per heavy atom. The number of nitrogens with one attached hydrogen (secondary N) is 1. The topological polar surface area (TPSA) is 72.7 Å². The molecule has 0 aliphatic rings. The van der Waals surface area contributed by atoms with E-state index in [0.717, 1.165) is 11.3 Å². The second-order valence-electron chi connectivity index (χ2n) is 5.60. The van der Waals surface area contributed by atoms with Gasteiger partial charge in [-0.1, -0.05) is 42.5 Å². The molecule has 0 saturated carbocycles. The normalized spacial score (nSPS) is 10.5. The molecule has 2 aromatic heterocycles. The summed E-state index contributed by atoms with van der Waals surface area (Å²) in [7, 11) is 0. The summed E-state index contributed by atoms with van der Waals surface area (Å²) in [6.45, 7) is 0. The molecule has 6 heteroatoms. The van der Waals surface area contributed by atoms with E-state index in [-0.39, 0.29) is 5.91 Å². The van der Waals surface area contributed by atoms with Crippen molar-refractivity contribution in [3.63, 3.8) is 0 Å². The zero-order chi connectivity index (χ0) is 17.8. The number of amides is 1. The summed E-state index contributed by atoms with van der Waals surface area (Å²) in [4.78, 5) is 25.2. The Balaban J connectivity index is 1.56. The Kier molecular flexibility index (Phi) is 4.22. The summed E-state index contributed by atoms with van der Waals surface area (Å²) in [5.74, 6) is 0.318. The third-order valence-corrected chi connectivity index (χ3v) is 3.88. The second kappa shape index (κ2) is 6.98. The monoisotopic (exact) mass is 341 g/mol. The van der Waals surface area contributed by atoms with Crippen molar-refractivity contribution in [3.8, 4) is 17.1 Å². The van der Waals surface area contributed by atoms with Crippen molar-refractivity contribution in [3.05, 3.63) is 91.3 Å². The number of aromatic nitrogens is 4. The number of nitrogens with zero attached hydrogens (tertiary/aromatic N) is 4. The molecule has 1 N–H and O–H groups in total. The molecule has 126 valence electrons. The molecule has 6 nitrogen and oxygen atoms in total. The van der Waals surface area contributed by atoms with E-state index in [1.54, 1.807) is 12.5 Å². The Morgan fingerprint density at radius 1 is 0.923 bits per heavy atom. The molecule has 0 atom stereocenters. The number of imidazole rings is 1. The van der Waals surface area contributed by atoms with Crippen LogP contribution in [0.5, 0.6) is 0 Å². The number of rotatable bonds is 4. The minimum Gasteiger partial charge on any atom is -0.320 e. The molecule has 1 amide bonds. The smallest absolute Gasteiger partial charge is 0.258 e. The van der Waals surface area contributed by atoms with E-state index in [1.165, 1.54) is 12.4 Å². The maximum absolute atomic E-state index is 12.6. The van der Waals surface area contributed by atoms with Gasteiger partial charge in [0.15, 0.2) is 5.82 Å². The average molecular weight is 341 g/mol. The molecule has 0 fully saturated rings. The Bertz CT molecular complexity index is 1010. The molecule has 0 bridgehead atoms. The van der Waals surface area contributed by atoms with E-state index < -0.39 is 0 Å². The van der Waals surface area contributed by atoms with Crippen LogP contribution in [0.2, 0.25) is 0 Å². The molecule has 0 aliphatic carbocycles. The summed E-state index contributed by atoms with van der Waals surface area (Å²) in [5, 5.41) is 2.91. The van der Waals surface area contributed by atoms with Crippen molar-refractivity contribution in [1.82, 2.24) is 19.5 Å². The fraction of sp³-hybridized carbons (Fsp3) is 0.